The van der Waals surface area contributed by atoms with Crippen molar-refractivity contribution in [1.82, 2.24) is 24.5 Å². The summed E-state index contributed by atoms with van der Waals surface area (Å²) in [6.45, 7) is 5.30. The van der Waals surface area contributed by atoms with E-state index in [0.29, 0.717) is 31.8 Å². The summed E-state index contributed by atoms with van der Waals surface area (Å²) < 4.78 is 1.74. The van der Waals surface area contributed by atoms with E-state index in [1.807, 2.05) is 17.9 Å². The number of carbonyl (C=O) groups is 1. The van der Waals surface area contributed by atoms with Gasteiger partial charge in [0.2, 0.25) is 5.91 Å². The SMILES string of the molecule is Cc1cc(N2CCN(C(=O)CCN)CC2)n2ncnc2n1.Cl.Cl. The maximum atomic E-state index is 11.9. The molecule has 0 aromatic carbocycles. The number of aromatic nitrogens is 4. The van der Waals surface area contributed by atoms with Gasteiger partial charge in [-0.15, -0.1) is 24.8 Å². The highest BCUT2D eigenvalue weighted by molar-refractivity contribution is 5.85. The van der Waals surface area contributed by atoms with Gasteiger partial charge < -0.3 is 15.5 Å². The van der Waals surface area contributed by atoms with E-state index in [-0.39, 0.29) is 30.7 Å². The molecule has 2 aromatic rings. The topological polar surface area (TPSA) is 92.7 Å². The van der Waals surface area contributed by atoms with Gasteiger partial charge in [-0.1, -0.05) is 0 Å². The number of hydrogen-bond donors (Lipinski definition) is 1. The van der Waals surface area contributed by atoms with Crippen LogP contribution in [0.4, 0.5) is 5.82 Å². The number of halogens is 2. The van der Waals surface area contributed by atoms with E-state index in [1.165, 1.54) is 6.33 Å². The van der Waals surface area contributed by atoms with E-state index in [0.717, 1.165) is 24.6 Å². The molecule has 2 aromatic heterocycles. The number of anilines is 1. The summed E-state index contributed by atoms with van der Waals surface area (Å²) in [5, 5.41) is 4.22. The Balaban J connectivity index is 0.00000132. The molecule has 128 valence electrons. The number of fused-ring (bicyclic) bond motifs is 1. The zero-order valence-corrected chi connectivity index (χ0v) is 14.5. The summed E-state index contributed by atoms with van der Waals surface area (Å²) in [6, 6.07) is 2.00. The summed E-state index contributed by atoms with van der Waals surface area (Å²) in [5.41, 5.74) is 6.35. The lowest BCUT2D eigenvalue weighted by molar-refractivity contribution is -0.131. The molecular formula is C13H21Cl2N7O. The van der Waals surface area contributed by atoms with Crippen LogP contribution in [0.2, 0.25) is 0 Å². The minimum absolute atomic E-state index is 0. The lowest BCUT2D eigenvalue weighted by Crippen LogP contribution is -2.49. The molecular weight excluding hydrogens is 341 g/mol. The molecule has 1 fully saturated rings. The lowest BCUT2D eigenvalue weighted by atomic mass is 10.2. The molecule has 1 aliphatic heterocycles. The Labute approximate surface area is 146 Å². The first kappa shape index (κ1) is 19.4. The predicted octanol–water partition coefficient (Wildman–Crippen LogP) is 0.274. The minimum atomic E-state index is 0. The van der Waals surface area contributed by atoms with E-state index >= 15 is 0 Å². The molecule has 3 heterocycles. The van der Waals surface area contributed by atoms with Gasteiger partial charge in [0.1, 0.15) is 12.1 Å². The Kier molecular flexibility index (Phi) is 6.99. The first-order chi connectivity index (χ1) is 10.2. The van der Waals surface area contributed by atoms with Gasteiger partial charge in [-0.3, -0.25) is 4.79 Å². The summed E-state index contributed by atoms with van der Waals surface area (Å²) >= 11 is 0. The zero-order valence-electron chi connectivity index (χ0n) is 12.9. The minimum Gasteiger partial charge on any atom is -0.353 e. The van der Waals surface area contributed by atoms with Crippen LogP contribution in [0.5, 0.6) is 0 Å². The summed E-state index contributed by atoms with van der Waals surface area (Å²) in [4.78, 5) is 24.4. The number of aryl methyl sites for hydroxylation is 1. The number of carbonyl (C=O) groups excluding carboxylic acids is 1. The van der Waals surface area contributed by atoms with Crippen molar-refractivity contribution in [3.8, 4) is 0 Å². The average Bonchev–Trinajstić information content (AvgIpc) is 2.95. The third kappa shape index (κ3) is 4.01. The van der Waals surface area contributed by atoms with Crippen LogP contribution in [-0.4, -0.2) is 63.1 Å². The van der Waals surface area contributed by atoms with Crippen molar-refractivity contribution in [3.05, 3.63) is 18.1 Å². The van der Waals surface area contributed by atoms with Gasteiger partial charge in [-0.2, -0.15) is 14.6 Å². The van der Waals surface area contributed by atoms with Gasteiger partial charge in [-0.25, -0.2) is 4.98 Å². The highest BCUT2D eigenvalue weighted by atomic mass is 35.5. The molecule has 3 rings (SSSR count). The van der Waals surface area contributed by atoms with Crippen LogP contribution in [0.1, 0.15) is 12.1 Å². The van der Waals surface area contributed by atoms with Crippen molar-refractivity contribution in [1.29, 1.82) is 0 Å². The second-order valence-corrected chi connectivity index (χ2v) is 5.13. The predicted molar refractivity (Wildman–Crippen MR) is 92.5 cm³/mol. The van der Waals surface area contributed by atoms with Gasteiger partial charge in [0.25, 0.3) is 5.78 Å². The molecule has 23 heavy (non-hydrogen) atoms. The van der Waals surface area contributed by atoms with Crippen molar-refractivity contribution in [2.24, 2.45) is 5.73 Å². The third-order valence-corrected chi connectivity index (χ3v) is 3.68. The normalized spacial score (nSPS) is 14.3. The Morgan fingerprint density at radius 1 is 1.26 bits per heavy atom. The fourth-order valence-corrected chi connectivity index (χ4v) is 2.60. The van der Waals surface area contributed by atoms with E-state index in [9.17, 15) is 4.79 Å². The Bertz CT molecular complexity index is 655. The second-order valence-electron chi connectivity index (χ2n) is 5.13. The third-order valence-electron chi connectivity index (χ3n) is 3.68. The van der Waals surface area contributed by atoms with Gasteiger partial charge in [0.15, 0.2) is 0 Å². The molecule has 2 N–H and O–H groups in total. The maximum Gasteiger partial charge on any atom is 0.254 e. The second kappa shape index (κ2) is 8.28. The number of rotatable bonds is 3. The quantitative estimate of drug-likeness (QED) is 0.843. The zero-order chi connectivity index (χ0) is 14.8. The molecule has 0 atom stereocenters. The van der Waals surface area contributed by atoms with Crippen LogP contribution in [-0.2, 0) is 4.79 Å². The van der Waals surface area contributed by atoms with Crippen molar-refractivity contribution < 1.29 is 4.79 Å². The Hall–Kier alpha value is -1.64. The van der Waals surface area contributed by atoms with Crippen LogP contribution in [0.15, 0.2) is 12.4 Å². The highest BCUT2D eigenvalue weighted by Gasteiger charge is 2.22. The van der Waals surface area contributed by atoms with E-state index < -0.39 is 0 Å². The maximum absolute atomic E-state index is 11.9. The number of nitrogens with two attached hydrogens (primary N) is 1. The highest BCUT2D eigenvalue weighted by Crippen LogP contribution is 2.18. The van der Waals surface area contributed by atoms with Crippen LogP contribution in [0.3, 0.4) is 0 Å². The molecule has 1 aliphatic rings. The van der Waals surface area contributed by atoms with Crippen LogP contribution in [0, 0.1) is 6.92 Å². The standard InChI is InChI=1S/C13H19N7O.2ClH/c1-10-8-11(20-13(17-10)15-9-16-20)18-4-6-19(7-5-18)12(21)2-3-14;;/h8-9H,2-7,14H2,1H3;2*1H. The van der Waals surface area contributed by atoms with Crippen LogP contribution in [0.25, 0.3) is 5.78 Å². The van der Waals surface area contributed by atoms with Crippen LogP contribution >= 0.6 is 24.8 Å². The molecule has 0 bridgehead atoms. The van der Waals surface area contributed by atoms with Crippen molar-refractivity contribution in [2.45, 2.75) is 13.3 Å². The smallest absolute Gasteiger partial charge is 0.254 e. The van der Waals surface area contributed by atoms with E-state index in [2.05, 4.69) is 20.0 Å². The summed E-state index contributed by atoms with van der Waals surface area (Å²) in [7, 11) is 0. The molecule has 0 unspecified atom stereocenters. The molecule has 0 aliphatic carbocycles. The number of hydrogen-bond acceptors (Lipinski definition) is 6. The summed E-state index contributed by atoms with van der Waals surface area (Å²) in [5.74, 6) is 1.71. The first-order valence-corrected chi connectivity index (χ1v) is 7.09. The van der Waals surface area contributed by atoms with Crippen LogP contribution < -0.4 is 10.6 Å². The number of piperazine rings is 1. The van der Waals surface area contributed by atoms with Crippen molar-refractivity contribution in [2.75, 3.05) is 37.6 Å². The molecule has 1 amide bonds. The summed E-state index contributed by atoms with van der Waals surface area (Å²) in [6.07, 6.45) is 1.92. The molecule has 10 heteroatoms. The average molecular weight is 362 g/mol. The van der Waals surface area contributed by atoms with Gasteiger partial charge >= 0.3 is 0 Å². The number of nitrogens with zero attached hydrogens (tertiary/aromatic N) is 6. The fraction of sp³-hybridized carbons (Fsp3) is 0.538. The largest absolute Gasteiger partial charge is 0.353 e. The van der Waals surface area contributed by atoms with Gasteiger partial charge in [-0.05, 0) is 6.92 Å². The molecule has 1 saturated heterocycles. The van der Waals surface area contributed by atoms with Crippen molar-refractivity contribution >= 4 is 42.3 Å². The number of amides is 1. The van der Waals surface area contributed by atoms with Gasteiger partial charge in [0, 0.05) is 50.9 Å². The Morgan fingerprint density at radius 3 is 2.61 bits per heavy atom. The first-order valence-electron chi connectivity index (χ1n) is 7.09. The van der Waals surface area contributed by atoms with Gasteiger partial charge in [0.05, 0.1) is 0 Å². The lowest BCUT2D eigenvalue weighted by Gasteiger charge is -2.36. The van der Waals surface area contributed by atoms with E-state index in [1.54, 1.807) is 4.52 Å². The van der Waals surface area contributed by atoms with E-state index in [4.69, 9.17) is 5.73 Å². The molecule has 0 radical (unpaired) electrons. The molecule has 0 saturated carbocycles. The Morgan fingerprint density at radius 2 is 1.96 bits per heavy atom. The van der Waals surface area contributed by atoms with Crippen molar-refractivity contribution in [3.63, 3.8) is 0 Å². The monoisotopic (exact) mass is 361 g/mol. The molecule has 8 nitrogen and oxygen atoms in total. The molecule has 0 spiro atoms. The fourth-order valence-electron chi connectivity index (χ4n) is 2.60.